The summed E-state index contributed by atoms with van der Waals surface area (Å²) in [6, 6.07) is 7.61. The second-order valence-electron chi connectivity index (χ2n) is 9.30. The second-order valence-corrected chi connectivity index (χ2v) is 9.30. The highest BCUT2D eigenvalue weighted by Gasteiger charge is 2.47. The van der Waals surface area contributed by atoms with Gasteiger partial charge in [-0.2, -0.15) is 0 Å². The van der Waals surface area contributed by atoms with Crippen molar-refractivity contribution in [2.45, 2.75) is 45.8 Å². The van der Waals surface area contributed by atoms with E-state index in [9.17, 15) is 9.59 Å². The Kier molecular flexibility index (Phi) is 4.45. The Balaban J connectivity index is 1.84. The minimum atomic E-state index is -0.644. The number of hydrogen-bond donors (Lipinski definition) is 1. The first-order valence-electron chi connectivity index (χ1n) is 10.9. The number of carbonyl (C=O) groups excluding carboxylic acids is 2. The molecule has 1 aromatic carbocycles. The summed E-state index contributed by atoms with van der Waals surface area (Å²) in [5, 5.41) is 3.89. The van der Waals surface area contributed by atoms with Crippen LogP contribution in [0.2, 0.25) is 0 Å². The Labute approximate surface area is 187 Å². The fraction of sp³-hybridized carbons (Fsp3) is 0.308. The predicted molar refractivity (Wildman–Crippen MR) is 125 cm³/mol. The fourth-order valence-electron chi connectivity index (χ4n) is 5.09. The van der Waals surface area contributed by atoms with Crippen LogP contribution in [-0.4, -0.2) is 33.6 Å². The molecular formula is C26H27N3O3. The monoisotopic (exact) mass is 429 g/mol. The van der Waals surface area contributed by atoms with Gasteiger partial charge >= 0.3 is 6.09 Å². The Morgan fingerprint density at radius 3 is 2.72 bits per heavy atom. The second kappa shape index (κ2) is 6.99. The molecule has 1 unspecified atom stereocenters. The highest BCUT2D eigenvalue weighted by molar-refractivity contribution is 6.27. The third kappa shape index (κ3) is 2.79. The molecule has 0 radical (unpaired) electrons. The van der Waals surface area contributed by atoms with Gasteiger partial charge in [-0.25, -0.2) is 9.36 Å². The minimum Gasteiger partial charge on any atom is -0.443 e. The van der Waals surface area contributed by atoms with Crippen LogP contribution in [0.15, 0.2) is 66.0 Å². The smallest absolute Gasteiger partial charge is 0.419 e. The number of amides is 1. The summed E-state index contributed by atoms with van der Waals surface area (Å²) in [4.78, 5) is 28.7. The Hall–Kier alpha value is -3.54. The summed E-state index contributed by atoms with van der Waals surface area (Å²) >= 11 is 0. The topological polar surface area (TPSA) is 63.6 Å². The molecule has 0 fully saturated rings. The van der Waals surface area contributed by atoms with Crippen LogP contribution in [0.3, 0.4) is 0 Å². The van der Waals surface area contributed by atoms with Gasteiger partial charge in [0.15, 0.2) is 0 Å². The van der Waals surface area contributed by atoms with Crippen molar-refractivity contribution in [2.75, 3.05) is 6.54 Å². The number of nitrogens with zero attached hydrogens (tertiary/aromatic N) is 2. The van der Waals surface area contributed by atoms with E-state index in [0.29, 0.717) is 18.5 Å². The molecule has 3 aliphatic rings. The number of rotatable bonds is 2. The van der Waals surface area contributed by atoms with Gasteiger partial charge in [0.1, 0.15) is 5.60 Å². The molecular weight excluding hydrogens is 402 g/mol. The average molecular weight is 430 g/mol. The molecule has 0 aliphatic carbocycles. The molecule has 6 heteroatoms. The lowest BCUT2D eigenvalue weighted by Gasteiger charge is -2.35. The van der Waals surface area contributed by atoms with E-state index >= 15 is 0 Å². The third-order valence-electron chi connectivity index (χ3n) is 6.16. The van der Waals surface area contributed by atoms with Crippen molar-refractivity contribution in [1.29, 1.82) is 0 Å². The largest absolute Gasteiger partial charge is 0.443 e. The molecule has 32 heavy (non-hydrogen) atoms. The summed E-state index contributed by atoms with van der Waals surface area (Å²) in [7, 11) is 0. The summed E-state index contributed by atoms with van der Waals surface area (Å²) < 4.78 is 7.48. The lowest BCUT2D eigenvalue weighted by Crippen LogP contribution is -2.33. The molecule has 0 saturated carbocycles. The highest BCUT2D eigenvalue weighted by Crippen LogP contribution is 2.53. The van der Waals surface area contributed by atoms with E-state index in [4.69, 9.17) is 4.74 Å². The Bertz CT molecular complexity index is 1280. The van der Waals surface area contributed by atoms with Gasteiger partial charge in [-0.05, 0) is 45.4 Å². The summed E-state index contributed by atoms with van der Waals surface area (Å²) in [6.45, 7) is 12.0. The van der Waals surface area contributed by atoms with Crippen molar-refractivity contribution in [3.63, 3.8) is 0 Å². The number of allylic oxidation sites excluding steroid dienone is 3. The van der Waals surface area contributed by atoms with Crippen LogP contribution in [-0.2, 0) is 9.53 Å². The van der Waals surface area contributed by atoms with Crippen LogP contribution >= 0.6 is 0 Å². The number of fused-ring (bicyclic) bond motifs is 7. The fourth-order valence-corrected chi connectivity index (χ4v) is 5.09. The van der Waals surface area contributed by atoms with Gasteiger partial charge in [-0.3, -0.25) is 4.79 Å². The van der Waals surface area contributed by atoms with Crippen molar-refractivity contribution in [1.82, 2.24) is 14.8 Å². The number of benzene rings is 1. The predicted octanol–water partition coefficient (Wildman–Crippen LogP) is 5.04. The maximum absolute atomic E-state index is 13.5. The lowest BCUT2D eigenvalue weighted by atomic mass is 9.92. The number of hydrogen-bond acceptors (Lipinski definition) is 4. The van der Waals surface area contributed by atoms with Gasteiger partial charge in [0, 0.05) is 23.1 Å². The minimum absolute atomic E-state index is 0.112. The maximum Gasteiger partial charge on any atom is 0.419 e. The van der Waals surface area contributed by atoms with Gasteiger partial charge in [-0.1, -0.05) is 36.9 Å². The van der Waals surface area contributed by atoms with E-state index in [0.717, 1.165) is 39.1 Å². The average Bonchev–Trinajstić information content (AvgIpc) is 3.38. The quantitative estimate of drug-likeness (QED) is 0.726. The number of carbonyl (C=O) groups is 2. The van der Waals surface area contributed by atoms with E-state index in [1.54, 1.807) is 4.57 Å². The molecule has 1 atom stereocenters. The molecule has 5 rings (SSSR count). The van der Waals surface area contributed by atoms with E-state index in [1.807, 2.05) is 64.1 Å². The Morgan fingerprint density at radius 1 is 1.28 bits per heavy atom. The number of para-hydroxylation sites is 1. The van der Waals surface area contributed by atoms with Crippen molar-refractivity contribution < 1.29 is 14.3 Å². The van der Waals surface area contributed by atoms with Gasteiger partial charge in [0.25, 0.3) is 5.91 Å². The molecule has 0 bridgehead atoms. The van der Waals surface area contributed by atoms with Crippen molar-refractivity contribution in [3.8, 4) is 0 Å². The van der Waals surface area contributed by atoms with Gasteiger partial charge < -0.3 is 15.0 Å². The van der Waals surface area contributed by atoms with E-state index in [-0.39, 0.29) is 11.9 Å². The standard InChI is InChI=1S/C26H27N3O3/c1-6-10-17-15(7-2)13-19-23-21(22-20(28(17)19)14-27-24(22)30)16-11-8-9-12-18(16)29(23)25(31)32-26(3,4)5/h6-12,19H,2,13-14H2,1,3-5H3,(H,27,30)/b10-6-. The molecule has 6 nitrogen and oxygen atoms in total. The van der Waals surface area contributed by atoms with Crippen molar-refractivity contribution in [2.24, 2.45) is 0 Å². The molecule has 164 valence electrons. The number of nitrogens with one attached hydrogen (secondary N) is 1. The number of ether oxygens (including phenoxy) is 1. The van der Waals surface area contributed by atoms with Gasteiger partial charge in [0.2, 0.25) is 0 Å². The molecule has 0 spiro atoms. The molecule has 0 saturated heterocycles. The van der Waals surface area contributed by atoms with Crippen LogP contribution < -0.4 is 5.32 Å². The molecule has 1 amide bonds. The van der Waals surface area contributed by atoms with Crippen LogP contribution in [0, 0.1) is 0 Å². The summed E-state index contributed by atoms with van der Waals surface area (Å²) in [6.07, 6.45) is 6.18. The molecule has 3 aliphatic heterocycles. The van der Waals surface area contributed by atoms with Gasteiger partial charge in [0.05, 0.1) is 35.1 Å². The first-order chi connectivity index (χ1) is 15.3. The summed E-state index contributed by atoms with van der Waals surface area (Å²) in [5.74, 6) is -0.112. The van der Waals surface area contributed by atoms with Gasteiger partial charge in [-0.15, -0.1) is 0 Å². The maximum atomic E-state index is 13.5. The highest BCUT2D eigenvalue weighted by atomic mass is 16.6. The molecule has 4 heterocycles. The zero-order valence-electron chi connectivity index (χ0n) is 18.9. The summed E-state index contributed by atoms with van der Waals surface area (Å²) in [5.41, 5.74) is 5.44. The molecule has 1 N–H and O–H groups in total. The Morgan fingerprint density at radius 2 is 2.03 bits per heavy atom. The molecule has 1 aromatic heterocycles. The van der Waals surface area contributed by atoms with Crippen molar-refractivity contribution in [3.05, 3.63) is 77.3 Å². The number of aromatic nitrogens is 1. The van der Waals surface area contributed by atoms with E-state index in [2.05, 4.69) is 22.9 Å². The van der Waals surface area contributed by atoms with Crippen molar-refractivity contribution >= 4 is 28.5 Å². The van der Waals surface area contributed by atoms with Crippen LogP contribution in [0.25, 0.3) is 16.5 Å². The van der Waals surface area contributed by atoms with Crippen LogP contribution in [0.1, 0.15) is 51.4 Å². The molecule has 2 aromatic rings. The first-order valence-corrected chi connectivity index (χ1v) is 10.9. The van der Waals surface area contributed by atoms with E-state index in [1.165, 1.54) is 0 Å². The zero-order chi connectivity index (χ0) is 22.8. The first kappa shape index (κ1) is 20.4. The lowest BCUT2D eigenvalue weighted by molar-refractivity contribution is -0.114. The third-order valence-corrected chi connectivity index (χ3v) is 6.16. The SMILES string of the molecule is C=CC1=C(/C=C\C)N2C3=C(C(=O)NC3)c3c(n(C(=O)OC(C)(C)C)c4ccccc34)C2C1. The van der Waals surface area contributed by atoms with Crippen LogP contribution in [0.4, 0.5) is 4.79 Å². The normalized spacial score (nSPS) is 20.1. The zero-order valence-corrected chi connectivity index (χ0v) is 18.9. The van der Waals surface area contributed by atoms with E-state index < -0.39 is 11.7 Å². The van der Waals surface area contributed by atoms with Crippen LogP contribution in [0.5, 0.6) is 0 Å².